The fourth-order valence-corrected chi connectivity index (χ4v) is 4.07. The summed E-state index contributed by atoms with van der Waals surface area (Å²) in [5.74, 6) is -1.29. The van der Waals surface area contributed by atoms with Crippen molar-refractivity contribution < 1.29 is 19.1 Å². The molecule has 0 bridgehead atoms. The summed E-state index contributed by atoms with van der Waals surface area (Å²) in [4.78, 5) is 42.1. The van der Waals surface area contributed by atoms with Crippen molar-refractivity contribution in [3.63, 3.8) is 0 Å². The predicted molar refractivity (Wildman–Crippen MR) is 131 cm³/mol. The van der Waals surface area contributed by atoms with Crippen LogP contribution in [0.1, 0.15) is 53.0 Å². The van der Waals surface area contributed by atoms with E-state index in [9.17, 15) is 14.4 Å². The minimum absolute atomic E-state index is 0.376. The molecule has 1 unspecified atom stereocenters. The largest absolute Gasteiger partial charge is 0.449 e. The number of benzene rings is 2. The molecule has 2 N–H and O–H groups in total. The number of pyridine rings is 1. The van der Waals surface area contributed by atoms with E-state index in [1.165, 1.54) is 12.5 Å². The number of fused-ring (bicyclic) bond motifs is 2. The number of esters is 1. The van der Waals surface area contributed by atoms with Crippen LogP contribution in [0.5, 0.6) is 0 Å². The number of nitrogens with zero attached hydrogens (tertiary/aromatic N) is 1. The SMILES string of the molecule is CCNC(=O)NC(=O)C(C)OC(=O)c1c2c(nc3ccccc13)C(=Cc1ccc(C)cc1)CC2. The monoisotopic (exact) mass is 457 g/mol. The molecule has 0 saturated heterocycles. The van der Waals surface area contributed by atoms with Gasteiger partial charge in [-0.2, -0.15) is 0 Å². The van der Waals surface area contributed by atoms with Crippen LogP contribution in [0.3, 0.4) is 0 Å². The molecule has 4 rings (SSSR count). The Kier molecular flexibility index (Phi) is 6.72. The predicted octanol–water partition coefficient (Wildman–Crippen LogP) is 4.42. The van der Waals surface area contributed by atoms with Crippen LogP contribution in [0.25, 0.3) is 22.6 Å². The Morgan fingerprint density at radius 3 is 2.56 bits per heavy atom. The first-order valence-electron chi connectivity index (χ1n) is 11.4. The van der Waals surface area contributed by atoms with Crippen LogP contribution in [0.2, 0.25) is 0 Å². The van der Waals surface area contributed by atoms with Crippen LogP contribution in [0.15, 0.2) is 48.5 Å². The van der Waals surface area contributed by atoms with Crippen molar-refractivity contribution in [2.45, 2.75) is 39.7 Å². The van der Waals surface area contributed by atoms with E-state index < -0.39 is 24.0 Å². The average molecular weight is 458 g/mol. The standard InChI is InChI=1S/C27H27N3O4/c1-4-28-27(33)30-25(31)17(3)34-26(32)23-20-7-5-6-8-22(20)29-24-19(13-14-21(23)24)15-18-11-9-16(2)10-12-18/h5-12,15,17H,4,13-14H2,1-3H3,(H2,28,30,31,33). The third-order valence-electron chi connectivity index (χ3n) is 5.79. The summed E-state index contributed by atoms with van der Waals surface area (Å²) in [6.45, 7) is 5.61. The molecule has 1 atom stereocenters. The Bertz CT molecular complexity index is 1300. The molecule has 7 heteroatoms. The van der Waals surface area contributed by atoms with E-state index in [1.807, 2.05) is 31.2 Å². The van der Waals surface area contributed by atoms with Crippen LogP contribution in [0, 0.1) is 6.92 Å². The van der Waals surface area contributed by atoms with Gasteiger partial charge in [0.15, 0.2) is 6.10 Å². The number of para-hydroxylation sites is 1. The normalized spacial score (nSPS) is 14.5. The molecule has 0 fully saturated rings. The number of aromatic nitrogens is 1. The first-order valence-corrected chi connectivity index (χ1v) is 11.4. The Morgan fingerprint density at radius 2 is 1.82 bits per heavy atom. The van der Waals surface area contributed by atoms with Crippen molar-refractivity contribution in [2.75, 3.05) is 6.54 Å². The summed E-state index contributed by atoms with van der Waals surface area (Å²) >= 11 is 0. The summed E-state index contributed by atoms with van der Waals surface area (Å²) in [6.07, 6.45) is 2.36. The van der Waals surface area contributed by atoms with E-state index in [0.29, 0.717) is 29.4 Å². The summed E-state index contributed by atoms with van der Waals surface area (Å²) in [5.41, 5.74) is 6.02. The number of aryl methyl sites for hydroxylation is 1. The minimum Gasteiger partial charge on any atom is -0.449 e. The molecule has 1 aromatic heterocycles. The van der Waals surface area contributed by atoms with Crippen LogP contribution in [-0.2, 0) is 16.0 Å². The summed E-state index contributed by atoms with van der Waals surface area (Å²) in [6, 6.07) is 15.0. The number of nitrogens with one attached hydrogen (secondary N) is 2. The summed E-state index contributed by atoms with van der Waals surface area (Å²) < 4.78 is 5.50. The molecule has 0 spiro atoms. The van der Waals surface area contributed by atoms with Crippen molar-refractivity contribution >= 4 is 40.5 Å². The number of amides is 3. The minimum atomic E-state index is -1.14. The molecule has 3 amide bonds. The highest BCUT2D eigenvalue weighted by molar-refractivity contribution is 6.08. The highest BCUT2D eigenvalue weighted by Crippen LogP contribution is 2.38. The Morgan fingerprint density at radius 1 is 1.09 bits per heavy atom. The zero-order valence-corrected chi connectivity index (χ0v) is 19.5. The van der Waals surface area contributed by atoms with E-state index in [0.717, 1.165) is 28.8 Å². The fourth-order valence-electron chi connectivity index (χ4n) is 4.07. The van der Waals surface area contributed by atoms with Crippen molar-refractivity contribution in [1.29, 1.82) is 0 Å². The molecule has 1 heterocycles. The van der Waals surface area contributed by atoms with Gasteiger partial charge in [-0.1, -0.05) is 48.0 Å². The van der Waals surface area contributed by atoms with E-state index in [4.69, 9.17) is 9.72 Å². The van der Waals surface area contributed by atoms with Gasteiger partial charge in [0.2, 0.25) is 0 Å². The van der Waals surface area contributed by atoms with Gasteiger partial charge in [0.25, 0.3) is 5.91 Å². The van der Waals surface area contributed by atoms with E-state index in [2.05, 4.69) is 41.0 Å². The van der Waals surface area contributed by atoms with Crippen molar-refractivity contribution in [3.05, 3.63) is 76.5 Å². The second-order valence-corrected chi connectivity index (χ2v) is 8.31. The van der Waals surface area contributed by atoms with Gasteiger partial charge in [0, 0.05) is 11.9 Å². The maximum absolute atomic E-state index is 13.3. The van der Waals surface area contributed by atoms with Crippen LogP contribution in [0.4, 0.5) is 4.79 Å². The highest BCUT2D eigenvalue weighted by atomic mass is 16.5. The third-order valence-corrected chi connectivity index (χ3v) is 5.79. The van der Waals surface area contributed by atoms with Gasteiger partial charge in [-0.25, -0.2) is 14.6 Å². The van der Waals surface area contributed by atoms with Crippen LogP contribution >= 0.6 is 0 Å². The number of hydrogen-bond donors (Lipinski definition) is 2. The Labute approximate surface area is 198 Å². The summed E-state index contributed by atoms with van der Waals surface area (Å²) in [7, 11) is 0. The Balaban J connectivity index is 1.68. The topological polar surface area (TPSA) is 97.4 Å². The first kappa shape index (κ1) is 23.2. The lowest BCUT2D eigenvalue weighted by Crippen LogP contribution is -2.44. The molecule has 174 valence electrons. The number of carbonyl (C=O) groups excluding carboxylic acids is 3. The molecule has 0 aliphatic heterocycles. The lowest BCUT2D eigenvalue weighted by Gasteiger charge is -2.16. The highest BCUT2D eigenvalue weighted by Gasteiger charge is 2.29. The molecule has 0 radical (unpaired) electrons. The quantitative estimate of drug-likeness (QED) is 0.553. The third kappa shape index (κ3) is 4.83. The first-order chi connectivity index (χ1) is 16.4. The van der Waals surface area contributed by atoms with Crippen LogP contribution in [-0.4, -0.2) is 35.5 Å². The molecule has 0 saturated carbocycles. The van der Waals surface area contributed by atoms with Crippen molar-refractivity contribution in [1.82, 2.24) is 15.6 Å². The summed E-state index contributed by atoms with van der Waals surface area (Å²) in [5, 5.41) is 5.33. The molecule has 2 aromatic carbocycles. The van der Waals surface area contributed by atoms with Gasteiger partial charge in [-0.3, -0.25) is 10.1 Å². The zero-order chi connectivity index (χ0) is 24.2. The average Bonchev–Trinajstić information content (AvgIpc) is 3.20. The van der Waals surface area contributed by atoms with Crippen molar-refractivity contribution in [2.24, 2.45) is 0 Å². The number of carbonyl (C=O) groups is 3. The molecule has 1 aliphatic carbocycles. The van der Waals surface area contributed by atoms with Gasteiger partial charge >= 0.3 is 12.0 Å². The second-order valence-electron chi connectivity index (χ2n) is 8.31. The maximum Gasteiger partial charge on any atom is 0.339 e. The number of urea groups is 1. The molecule has 34 heavy (non-hydrogen) atoms. The number of hydrogen-bond acceptors (Lipinski definition) is 5. The number of imide groups is 1. The smallest absolute Gasteiger partial charge is 0.339 e. The van der Waals surface area contributed by atoms with Crippen LogP contribution < -0.4 is 10.6 Å². The maximum atomic E-state index is 13.3. The van der Waals surface area contributed by atoms with Crippen molar-refractivity contribution in [3.8, 4) is 0 Å². The number of ether oxygens (including phenoxy) is 1. The lowest BCUT2D eigenvalue weighted by molar-refractivity contribution is -0.127. The molecule has 3 aromatic rings. The van der Waals surface area contributed by atoms with E-state index in [-0.39, 0.29) is 0 Å². The second kappa shape index (κ2) is 9.87. The van der Waals surface area contributed by atoms with Gasteiger partial charge in [-0.15, -0.1) is 0 Å². The van der Waals surface area contributed by atoms with Gasteiger partial charge in [0.05, 0.1) is 16.8 Å². The molecule has 1 aliphatic rings. The lowest BCUT2D eigenvalue weighted by atomic mass is 10.0. The molecule has 7 nitrogen and oxygen atoms in total. The van der Waals surface area contributed by atoms with E-state index >= 15 is 0 Å². The molecular formula is C27H27N3O4. The number of allylic oxidation sites excluding steroid dienone is 1. The van der Waals surface area contributed by atoms with Gasteiger partial charge < -0.3 is 10.1 Å². The molecular weight excluding hydrogens is 430 g/mol. The van der Waals surface area contributed by atoms with Gasteiger partial charge in [0.1, 0.15) is 0 Å². The Hall–Kier alpha value is -4.00. The van der Waals surface area contributed by atoms with E-state index in [1.54, 1.807) is 6.92 Å². The fraction of sp³-hybridized carbons (Fsp3) is 0.259. The number of rotatable bonds is 5. The zero-order valence-electron chi connectivity index (χ0n) is 19.5. The van der Waals surface area contributed by atoms with Gasteiger partial charge in [-0.05, 0) is 62.5 Å².